The molecule has 2 aromatic heterocycles. The van der Waals surface area contributed by atoms with Gasteiger partial charge in [0, 0.05) is 29.9 Å². The molecule has 1 N–H and O–H groups in total. The Labute approximate surface area is 197 Å². The molecule has 0 radical (unpaired) electrons. The number of fused-ring (bicyclic) bond motifs is 2. The molecule has 0 unspecified atom stereocenters. The summed E-state index contributed by atoms with van der Waals surface area (Å²) in [6.45, 7) is 1.53. The first-order valence-corrected chi connectivity index (χ1v) is 11.4. The average Bonchev–Trinajstić information content (AvgIpc) is 3.30. The van der Waals surface area contributed by atoms with Gasteiger partial charge in [-0.25, -0.2) is 4.98 Å². The lowest BCUT2D eigenvalue weighted by Gasteiger charge is -2.20. The van der Waals surface area contributed by atoms with E-state index in [0.29, 0.717) is 31.0 Å². The minimum Gasteiger partial charge on any atom is -0.491 e. The van der Waals surface area contributed by atoms with Crippen molar-refractivity contribution in [3.63, 3.8) is 0 Å². The number of aromatic amines is 1. The van der Waals surface area contributed by atoms with Crippen LogP contribution in [0.4, 0.5) is 0 Å². The number of nitrogens with zero attached hydrogens (tertiary/aromatic N) is 2. The minimum absolute atomic E-state index is 0.0108. The quantitative estimate of drug-likeness (QED) is 0.373. The Morgan fingerprint density at radius 3 is 2.62 bits per heavy atom. The summed E-state index contributed by atoms with van der Waals surface area (Å²) >= 11 is 0. The predicted molar refractivity (Wildman–Crippen MR) is 134 cm³/mol. The van der Waals surface area contributed by atoms with Crippen molar-refractivity contribution in [3.8, 4) is 28.0 Å². The summed E-state index contributed by atoms with van der Waals surface area (Å²) < 4.78 is 6.03. The van der Waals surface area contributed by atoms with Crippen LogP contribution >= 0.6 is 0 Å². The van der Waals surface area contributed by atoms with E-state index in [9.17, 15) is 4.79 Å². The molecule has 1 amide bonds. The average molecular weight is 446 g/mol. The van der Waals surface area contributed by atoms with E-state index in [1.807, 2.05) is 65.8 Å². The van der Waals surface area contributed by atoms with Crippen molar-refractivity contribution in [1.29, 1.82) is 0 Å². The zero-order valence-electron chi connectivity index (χ0n) is 18.6. The number of aromatic nitrogens is 2. The van der Waals surface area contributed by atoms with Crippen LogP contribution in [0.1, 0.15) is 15.9 Å². The summed E-state index contributed by atoms with van der Waals surface area (Å²) in [5.41, 5.74) is 6.83. The van der Waals surface area contributed by atoms with Gasteiger partial charge in [0.25, 0.3) is 5.91 Å². The normalized spacial score (nSPS) is 13.4. The Bertz CT molecular complexity index is 1490. The van der Waals surface area contributed by atoms with Crippen LogP contribution in [0.2, 0.25) is 0 Å². The van der Waals surface area contributed by atoms with Crippen molar-refractivity contribution in [2.45, 2.75) is 6.54 Å². The second-order valence-electron chi connectivity index (χ2n) is 8.49. The van der Waals surface area contributed by atoms with E-state index in [-0.39, 0.29) is 5.91 Å². The molecule has 0 aliphatic carbocycles. The van der Waals surface area contributed by atoms with Crippen LogP contribution in [-0.2, 0) is 6.54 Å². The fourth-order valence-corrected chi connectivity index (χ4v) is 4.48. The lowest BCUT2D eigenvalue weighted by Crippen LogP contribution is -2.31. The maximum Gasteiger partial charge on any atom is 0.258 e. The number of hydrogen-bond donors (Lipinski definition) is 1. The third-order valence-corrected chi connectivity index (χ3v) is 6.26. The van der Waals surface area contributed by atoms with Gasteiger partial charge in [0.1, 0.15) is 18.0 Å². The highest BCUT2D eigenvalue weighted by Crippen LogP contribution is 2.31. The summed E-state index contributed by atoms with van der Waals surface area (Å²) in [6, 6.07) is 28.5. The SMILES string of the molecule is O=C1c2ccc(-c3cnc4[nH]ccc4c3)cc2OCCN1Cc1cccc(-c2ccccc2)c1. The largest absolute Gasteiger partial charge is 0.491 e. The molecule has 34 heavy (non-hydrogen) atoms. The molecule has 0 fully saturated rings. The summed E-state index contributed by atoms with van der Waals surface area (Å²) in [4.78, 5) is 22.9. The second kappa shape index (κ2) is 8.52. The third-order valence-electron chi connectivity index (χ3n) is 6.26. The first-order valence-electron chi connectivity index (χ1n) is 11.4. The molecule has 5 heteroatoms. The van der Waals surface area contributed by atoms with Gasteiger partial charge in [-0.3, -0.25) is 4.79 Å². The number of carbonyl (C=O) groups excluding carboxylic acids is 1. The van der Waals surface area contributed by atoms with Crippen molar-refractivity contribution in [2.75, 3.05) is 13.2 Å². The predicted octanol–water partition coefficient (Wildman–Crippen LogP) is 5.93. The monoisotopic (exact) mass is 445 g/mol. The molecular weight excluding hydrogens is 422 g/mol. The second-order valence-corrected chi connectivity index (χ2v) is 8.49. The van der Waals surface area contributed by atoms with Gasteiger partial charge in [0.05, 0.1) is 12.1 Å². The maximum atomic E-state index is 13.4. The number of hydrogen-bond acceptors (Lipinski definition) is 3. The summed E-state index contributed by atoms with van der Waals surface area (Å²) in [5, 5.41) is 1.05. The van der Waals surface area contributed by atoms with Gasteiger partial charge in [-0.2, -0.15) is 0 Å². The van der Waals surface area contributed by atoms with E-state index in [1.165, 1.54) is 5.56 Å². The molecule has 0 spiro atoms. The molecular formula is C29H23N3O2. The van der Waals surface area contributed by atoms with Crippen LogP contribution in [0, 0.1) is 0 Å². The Balaban J connectivity index is 1.26. The lowest BCUT2D eigenvalue weighted by atomic mass is 10.0. The molecule has 1 aliphatic heterocycles. The van der Waals surface area contributed by atoms with Crippen molar-refractivity contribution in [3.05, 3.63) is 108 Å². The van der Waals surface area contributed by atoms with E-state index in [4.69, 9.17) is 4.74 Å². The molecule has 6 rings (SSSR count). The topological polar surface area (TPSA) is 58.2 Å². The van der Waals surface area contributed by atoms with Crippen molar-refractivity contribution in [1.82, 2.24) is 14.9 Å². The maximum absolute atomic E-state index is 13.4. The Morgan fingerprint density at radius 1 is 0.853 bits per heavy atom. The number of pyridine rings is 1. The van der Waals surface area contributed by atoms with Crippen molar-refractivity contribution < 1.29 is 9.53 Å². The lowest BCUT2D eigenvalue weighted by molar-refractivity contribution is 0.0743. The van der Waals surface area contributed by atoms with Crippen molar-refractivity contribution >= 4 is 16.9 Å². The van der Waals surface area contributed by atoms with Crippen LogP contribution in [0.15, 0.2) is 97.3 Å². The van der Waals surface area contributed by atoms with E-state index in [0.717, 1.165) is 33.3 Å². The van der Waals surface area contributed by atoms with Crippen LogP contribution in [0.5, 0.6) is 5.75 Å². The van der Waals surface area contributed by atoms with Gasteiger partial charge in [-0.1, -0.05) is 54.6 Å². The third kappa shape index (κ3) is 3.82. The van der Waals surface area contributed by atoms with Gasteiger partial charge >= 0.3 is 0 Å². The number of H-pyrrole nitrogens is 1. The van der Waals surface area contributed by atoms with Crippen LogP contribution in [0.3, 0.4) is 0 Å². The number of carbonyl (C=O) groups is 1. The molecule has 0 bridgehead atoms. The van der Waals surface area contributed by atoms with Crippen LogP contribution in [0.25, 0.3) is 33.3 Å². The first-order chi connectivity index (χ1) is 16.7. The van der Waals surface area contributed by atoms with Gasteiger partial charge in [-0.05, 0) is 52.6 Å². The molecule has 1 aliphatic rings. The highest BCUT2D eigenvalue weighted by Gasteiger charge is 2.24. The van der Waals surface area contributed by atoms with Gasteiger partial charge in [-0.15, -0.1) is 0 Å². The van der Waals surface area contributed by atoms with E-state index in [1.54, 1.807) is 0 Å². The number of benzene rings is 3. The van der Waals surface area contributed by atoms with Crippen LogP contribution in [-0.4, -0.2) is 33.9 Å². The van der Waals surface area contributed by atoms with E-state index in [2.05, 4.69) is 46.4 Å². The Kier molecular flexibility index (Phi) is 5.07. The van der Waals surface area contributed by atoms with Crippen LogP contribution < -0.4 is 4.74 Å². The fraction of sp³-hybridized carbons (Fsp3) is 0.103. The highest BCUT2D eigenvalue weighted by atomic mass is 16.5. The fourth-order valence-electron chi connectivity index (χ4n) is 4.48. The number of rotatable bonds is 4. The Hall–Kier alpha value is -4.38. The smallest absolute Gasteiger partial charge is 0.258 e. The van der Waals surface area contributed by atoms with Crippen molar-refractivity contribution in [2.24, 2.45) is 0 Å². The molecule has 0 saturated heterocycles. The molecule has 3 aromatic carbocycles. The Morgan fingerprint density at radius 2 is 1.71 bits per heavy atom. The zero-order valence-corrected chi connectivity index (χ0v) is 18.6. The molecule has 0 atom stereocenters. The molecule has 0 saturated carbocycles. The molecule has 5 aromatic rings. The highest BCUT2D eigenvalue weighted by molar-refractivity contribution is 5.98. The van der Waals surface area contributed by atoms with E-state index < -0.39 is 0 Å². The van der Waals surface area contributed by atoms with Gasteiger partial charge in [0.2, 0.25) is 0 Å². The number of ether oxygens (including phenoxy) is 1. The zero-order chi connectivity index (χ0) is 22.9. The van der Waals surface area contributed by atoms with Gasteiger partial charge in [0.15, 0.2) is 0 Å². The molecule has 3 heterocycles. The molecule has 166 valence electrons. The summed E-state index contributed by atoms with van der Waals surface area (Å²) in [5.74, 6) is 0.612. The van der Waals surface area contributed by atoms with E-state index >= 15 is 0 Å². The minimum atomic E-state index is -0.0108. The number of nitrogens with one attached hydrogen (secondary N) is 1. The van der Waals surface area contributed by atoms with Gasteiger partial charge < -0.3 is 14.6 Å². The number of amides is 1. The standard InChI is InChI=1S/C29H23N3O2/c33-29-26-10-9-23(25-16-24-11-12-30-28(24)31-18-25)17-27(26)34-14-13-32(29)19-20-5-4-8-22(15-20)21-6-2-1-3-7-21/h1-12,15-18H,13-14,19H2,(H,30,31). The summed E-state index contributed by atoms with van der Waals surface area (Å²) in [7, 11) is 0. The first kappa shape index (κ1) is 20.2. The summed E-state index contributed by atoms with van der Waals surface area (Å²) in [6.07, 6.45) is 3.72. The molecule has 5 nitrogen and oxygen atoms in total.